The molecular formula is C26H27F3N6O3. The number of anilines is 3. The molecule has 0 unspecified atom stereocenters. The van der Waals surface area contributed by atoms with Crippen molar-refractivity contribution in [3.8, 4) is 11.3 Å². The molecule has 12 heteroatoms. The van der Waals surface area contributed by atoms with E-state index in [1.807, 2.05) is 11.8 Å². The van der Waals surface area contributed by atoms with E-state index in [2.05, 4.69) is 15.3 Å². The first-order valence-electron chi connectivity index (χ1n) is 12.1. The molecule has 2 aliphatic rings. The molecule has 4 heterocycles. The Balaban J connectivity index is 1.46. The summed E-state index contributed by atoms with van der Waals surface area (Å²) in [6, 6.07) is 4.22. The average molecular weight is 529 g/mol. The van der Waals surface area contributed by atoms with Crippen LogP contribution in [-0.2, 0) is 4.74 Å². The van der Waals surface area contributed by atoms with Crippen molar-refractivity contribution < 1.29 is 27.8 Å². The molecule has 3 atom stereocenters. The van der Waals surface area contributed by atoms with Crippen LogP contribution >= 0.6 is 0 Å². The Bertz CT molecular complexity index is 1350. The molecule has 2 aromatic heterocycles. The van der Waals surface area contributed by atoms with Gasteiger partial charge in [-0.15, -0.1) is 0 Å². The van der Waals surface area contributed by atoms with Crippen LogP contribution in [-0.4, -0.2) is 59.4 Å². The minimum atomic E-state index is -1.08. The van der Waals surface area contributed by atoms with Crippen LogP contribution in [0, 0.1) is 23.4 Å². The fraction of sp³-hybridized carbons (Fsp3) is 0.346. The molecule has 0 spiro atoms. The highest BCUT2D eigenvalue weighted by Gasteiger charge is 2.32. The summed E-state index contributed by atoms with van der Waals surface area (Å²) in [6.07, 6.45) is 2.29. The first kappa shape index (κ1) is 25.9. The van der Waals surface area contributed by atoms with Crippen LogP contribution < -0.4 is 21.7 Å². The Labute approximate surface area is 216 Å². The molecule has 0 bridgehead atoms. The molecule has 2 saturated heterocycles. The number of nitrogens with zero attached hydrogens (tertiary/aromatic N) is 3. The number of pyridine rings is 2. The molecule has 0 radical (unpaired) electrons. The maximum absolute atomic E-state index is 15.0. The van der Waals surface area contributed by atoms with Crippen LogP contribution in [0.4, 0.5) is 30.2 Å². The lowest BCUT2D eigenvalue weighted by atomic mass is 9.92. The highest BCUT2D eigenvalue weighted by Crippen LogP contribution is 2.34. The van der Waals surface area contributed by atoms with E-state index in [4.69, 9.17) is 16.2 Å². The zero-order valence-electron chi connectivity index (χ0n) is 20.5. The van der Waals surface area contributed by atoms with Gasteiger partial charge in [0, 0.05) is 43.2 Å². The molecule has 2 aliphatic heterocycles. The molecule has 0 aliphatic carbocycles. The number of carbonyl (C=O) groups excluding carboxylic acids is 1. The number of aliphatic hydroxyl groups is 1. The Morgan fingerprint density at radius 1 is 1.16 bits per heavy atom. The molecule has 1 aromatic carbocycles. The standard InChI is InChI=1S/C26H27F3N6O3/c1-12-8-35(9-19(31)25(12)36)21-2-3-32-7-20(21)33-26(37)24-18(30)6-17(29)23(34-24)22-15(27)4-13(5-16(22)28)14-10-38-11-14/h2-7,12,14,19,25,36H,8-11,30-31H2,1H3,(H,33,37)/t12-,19+,25+/m0/s1. The van der Waals surface area contributed by atoms with Crippen LogP contribution in [0.5, 0.6) is 0 Å². The quantitative estimate of drug-likeness (QED) is 0.396. The third-order valence-corrected chi connectivity index (χ3v) is 6.98. The lowest BCUT2D eigenvalue weighted by Crippen LogP contribution is -2.55. The fourth-order valence-corrected chi connectivity index (χ4v) is 4.80. The van der Waals surface area contributed by atoms with Crippen LogP contribution in [0.1, 0.15) is 28.9 Å². The number of amides is 1. The van der Waals surface area contributed by atoms with Crippen LogP contribution in [0.25, 0.3) is 11.3 Å². The van der Waals surface area contributed by atoms with Crippen molar-refractivity contribution in [2.45, 2.75) is 25.0 Å². The monoisotopic (exact) mass is 528 g/mol. The van der Waals surface area contributed by atoms with Crippen molar-refractivity contribution in [3.05, 3.63) is 65.4 Å². The summed E-state index contributed by atoms with van der Waals surface area (Å²) in [5.41, 5.74) is 11.2. The molecule has 1 amide bonds. The Morgan fingerprint density at radius 2 is 1.87 bits per heavy atom. The first-order chi connectivity index (χ1) is 18.1. The number of halogens is 3. The van der Waals surface area contributed by atoms with Crippen molar-refractivity contribution in [1.29, 1.82) is 0 Å². The summed E-state index contributed by atoms with van der Waals surface area (Å²) < 4.78 is 49.8. The Kier molecular flexibility index (Phi) is 6.95. The summed E-state index contributed by atoms with van der Waals surface area (Å²) in [6.45, 7) is 3.36. The topological polar surface area (TPSA) is 140 Å². The number of nitrogens with two attached hydrogens (primary N) is 2. The average Bonchev–Trinajstić information content (AvgIpc) is 2.82. The predicted octanol–water partition coefficient (Wildman–Crippen LogP) is 2.65. The summed E-state index contributed by atoms with van der Waals surface area (Å²) in [7, 11) is 0. The molecule has 6 N–H and O–H groups in total. The maximum Gasteiger partial charge on any atom is 0.276 e. The second kappa shape index (κ2) is 10.2. The number of aromatic nitrogens is 2. The minimum absolute atomic E-state index is 0.125. The van der Waals surface area contributed by atoms with Crippen molar-refractivity contribution in [2.75, 3.05) is 42.3 Å². The largest absolute Gasteiger partial charge is 0.397 e. The fourth-order valence-electron chi connectivity index (χ4n) is 4.80. The van der Waals surface area contributed by atoms with E-state index in [1.165, 1.54) is 6.20 Å². The lowest BCUT2D eigenvalue weighted by Gasteiger charge is -2.40. The second-order valence-corrected chi connectivity index (χ2v) is 9.73. The van der Waals surface area contributed by atoms with Gasteiger partial charge < -0.3 is 31.5 Å². The van der Waals surface area contributed by atoms with Crippen molar-refractivity contribution >= 4 is 23.0 Å². The van der Waals surface area contributed by atoms with Crippen molar-refractivity contribution in [1.82, 2.24) is 9.97 Å². The van der Waals surface area contributed by atoms with Gasteiger partial charge in [-0.3, -0.25) is 9.78 Å². The Hall–Kier alpha value is -3.74. The molecular weight excluding hydrogens is 501 g/mol. The van der Waals surface area contributed by atoms with Crippen molar-refractivity contribution in [2.24, 2.45) is 11.7 Å². The molecule has 2 fully saturated rings. The number of rotatable bonds is 5. The van der Waals surface area contributed by atoms with E-state index in [0.29, 0.717) is 43.2 Å². The third-order valence-electron chi connectivity index (χ3n) is 6.98. The van der Waals surface area contributed by atoms with Crippen LogP contribution in [0.2, 0.25) is 0 Å². The Morgan fingerprint density at radius 3 is 2.50 bits per heavy atom. The van der Waals surface area contributed by atoms with Gasteiger partial charge in [0.15, 0.2) is 11.5 Å². The van der Waals surface area contributed by atoms with Gasteiger partial charge in [0.2, 0.25) is 0 Å². The number of ether oxygens (including phenoxy) is 1. The molecule has 3 aromatic rings. The zero-order chi connectivity index (χ0) is 27.1. The number of hydrogen-bond donors (Lipinski definition) is 4. The van der Waals surface area contributed by atoms with Gasteiger partial charge in [0.25, 0.3) is 5.91 Å². The predicted molar refractivity (Wildman–Crippen MR) is 135 cm³/mol. The number of benzene rings is 1. The minimum Gasteiger partial charge on any atom is -0.397 e. The molecule has 200 valence electrons. The van der Waals surface area contributed by atoms with Gasteiger partial charge in [0.05, 0.1) is 48.1 Å². The second-order valence-electron chi connectivity index (χ2n) is 9.73. The smallest absolute Gasteiger partial charge is 0.276 e. The van der Waals surface area contributed by atoms with Crippen LogP contribution in [0.3, 0.4) is 0 Å². The summed E-state index contributed by atoms with van der Waals surface area (Å²) in [5, 5.41) is 12.9. The lowest BCUT2D eigenvalue weighted by molar-refractivity contribution is 0.00822. The van der Waals surface area contributed by atoms with Gasteiger partial charge in [0.1, 0.15) is 17.3 Å². The molecule has 9 nitrogen and oxygen atoms in total. The number of hydrogen-bond acceptors (Lipinski definition) is 8. The summed E-state index contributed by atoms with van der Waals surface area (Å²) >= 11 is 0. The van der Waals surface area contributed by atoms with E-state index in [9.17, 15) is 23.1 Å². The normalized spacial score (nSPS) is 21.7. The number of nitrogen functional groups attached to an aromatic ring is 1. The van der Waals surface area contributed by atoms with Gasteiger partial charge in [-0.1, -0.05) is 6.92 Å². The highest BCUT2D eigenvalue weighted by molar-refractivity contribution is 6.08. The molecule has 0 saturated carbocycles. The van der Waals surface area contributed by atoms with E-state index in [1.54, 1.807) is 12.3 Å². The van der Waals surface area contributed by atoms with Crippen molar-refractivity contribution in [3.63, 3.8) is 0 Å². The van der Waals surface area contributed by atoms with Gasteiger partial charge >= 0.3 is 0 Å². The molecule has 38 heavy (non-hydrogen) atoms. The zero-order valence-corrected chi connectivity index (χ0v) is 20.5. The third kappa shape index (κ3) is 4.77. The van der Waals surface area contributed by atoms with Gasteiger partial charge in [-0.25, -0.2) is 18.2 Å². The summed E-state index contributed by atoms with van der Waals surface area (Å²) in [5.74, 6) is -4.19. The van der Waals surface area contributed by atoms with Crippen LogP contribution in [0.15, 0.2) is 36.7 Å². The molecule has 5 rings (SSSR count). The van der Waals surface area contributed by atoms with Gasteiger partial charge in [-0.05, 0) is 23.8 Å². The maximum atomic E-state index is 15.0. The van der Waals surface area contributed by atoms with E-state index < -0.39 is 52.5 Å². The number of aliphatic hydroxyl groups excluding tert-OH is 1. The van der Waals surface area contributed by atoms with E-state index >= 15 is 0 Å². The SMILES string of the molecule is C[C@H]1CN(c2ccncc2NC(=O)c2nc(-c3c(F)cc(C4COC4)cc3F)c(F)cc2N)C[C@@H](N)[C@@H]1O. The number of piperidine rings is 1. The van der Waals surface area contributed by atoms with E-state index in [0.717, 1.165) is 18.2 Å². The number of carbonyl (C=O) groups is 1. The number of nitrogens with one attached hydrogen (secondary N) is 1. The van der Waals surface area contributed by atoms with E-state index in [-0.39, 0.29) is 17.5 Å². The van der Waals surface area contributed by atoms with Gasteiger partial charge in [-0.2, -0.15) is 0 Å². The first-order valence-corrected chi connectivity index (χ1v) is 12.1. The highest BCUT2D eigenvalue weighted by atomic mass is 19.1. The summed E-state index contributed by atoms with van der Waals surface area (Å²) in [4.78, 5) is 23.1.